The van der Waals surface area contributed by atoms with Crippen LogP contribution < -0.4 is 10.9 Å². The van der Waals surface area contributed by atoms with Crippen molar-refractivity contribution in [2.75, 3.05) is 18.4 Å². The number of nitrogens with one attached hydrogen (secondary N) is 1. The van der Waals surface area contributed by atoms with Crippen molar-refractivity contribution in [3.63, 3.8) is 0 Å². The summed E-state index contributed by atoms with van der Waals surface area (Å²) in [5.41, 5.74) is 1.08. The van der Waals surface area contributed by atoms with Crippen LogP contribution in [0.25, 0.3) is 0 Å². The van der Waals surface area contributed by atoms with E-state index in [4.69, 9.17) is 0 Å². The van der Waals surface area contributed by atoms with Crippen LogP contribution in [0.4, 0.5) is 24.5 Å². The fourth-order valence-corrected chi connectivity index (χ4v) is 4.85. The summed E-state index contributed by atoms with van der Waals surface area (Å²) in [6.45, 7) is 2.95. The van der Waals surface area contributed by atoms with Crippen LogP contribution in [0.15, 0.2) is 53.5 Å². The van der Waals surface area contributed by atoms with Crippen molar-refractivity contribution < 1.29 is 18.0 Å². The maximum absolute atomic E-state index is 15.5. The van der Waals surface area contributed by atoms with Gasteiger partial charge in [-0.25, -0.2) is 8.78 Å². The van der Waals surface area contributed by atoms with E-state index in [9.17, 15) is 18.4 Å². The quantitative estimate of drug-likeness (QED) is 0.474. The fraction of sp³-hybridized carbons (Fsp3) is 0.357. The van der Waals surface area contributed by atoms with Crippen LogP contribution in [0.3, 0.4) is 0 Å². The minimum Gasteiger partial charge on any atom is -0.352 e. The number of rotatable bonds is 6. The Kier molecular flexibility index (Phi) is 6.60. The van der Waals surface area contributed by atoms with Crippen LogP contribution in [0.5, 0.6) is 0 Å². The summed E-state index contributed by atoms with van der Waals surface area (Å²) in [6.07, 6.45) is 4.80. The first-order valence-electron chi connectivity index (χ1n) is 12.3. The Morgan fingerprint density at radius 2 is 1.64 bits per heavy atom. The van der Waals surface area contributed by atoms with Gasteiger partial charge < -0.3 is 14.8 Å². The Labute approximate surface area is 207 Å². The maximum Gasteiger partial charge on any atom is 0.288 e. The third-order valence-electron chi connectivity index (χ3n) is 7.18. The largest absolute Gasteiger partial charge is 0.352 e. The van der Waals surface area contributed by atoms with Gasteiger partial charge in [0.15, 0.2) is 0 Å². The fourth-order valence-electron chi connectivity index (χ4n) is 4.85. The van der Waals surface area contributed by atoms with Gasteiger partial charge in [0.2, 0.25) is 5.82 Å². The second-order valence-corrected chi connectivity index (χ2v) is 9.83. The monoisotopic (exact) mass is 495 g/mol. The SMILES string of the molecule is Cc1cc(F)ccc1Nc1c(C(=O)N2CCC(c3ccc(F)cc3)CC2)cn(CC2CC2)c(=O)c1F. The predicted molar refractivity (Wildman–Crippen MR) is 132 cm³/mol. The number of carbonyl (C=O) groups is 1. The lowest BCUT2D eigenvalue weighted by Crippen LogP contribution is -2.39. The molecule has 1 saturated heterocycles. The molecule has 1 aromatic heterocycles. The summed E-state index contributed by atoms with van der Waals surface area (Å²) < 4.78 is 43.7. The van der Waals surface area contributed by atoms with E-state index in [1.165, 1.54) is 41.1 Å². The second-order valence-electron chi connectivity index (χ2n) is 9.83. The molecule has 188 valence electrons. The summed E-state index contributed by atoms with van der Waals surface area (Å²) in [7, 11) is 0. The Hall–Kier alpha value is -3.55. The summed E-state index contributed by atoms with van der Waals surface area (Å²) in [4.78, 5) is 28.1. The molecule has 1 aliphatic carbocycles. The number of pyridine rings is 1. The zero-order chi connectivity index (χ0) is 25.4. The lowest BCUT2D eigenvalue weighted by molar-refractivity contribution is 0.0712. The molecule has 1 aliphatic heterocycles. The third kappa shape index (κ3) is 5.03. The van der Waals surface area contributed by atoms with E-state index in [-0.39, 0.29) is 28.9 Å². The van der Waals surface area contributed by atoms with Crippen LogP contribution in [-0.4, -0.2) is 28.5 Å². The molecule has 0 spiro atoms. The standard InChI is InChI=1S/C28H28F3N3O2/c1-17-14-22(30)8-9-24(17)32-26-23(16-34(15-18-2-3-18)28(36)25(26)31)27(35)33-12-10-20(11-13-33)19-4-6-21(29)7-5-19/h4-9,14,16,18,20,32H,2-3,10-13,15H2,1H3. The Balaban J connectivity index is 1.44. The molecule has 1 N–H and O–H groups in total. The molecule has 8 heteroatoms. The molecule has 3 aromatic rings. The topological polar surface area (TPSA) is 54.3 Å². The van der Waals surface area contributed by atoms with Crippen molar-refractivity contribution >= 4 is 17.3 Å². The number of benzene rings is 2. The molecule has 0 atom stereocenters. The summed E-state index contributed by atoms with van der Waals surface area (Å²) in [6, 6.07) is 10.4. The van der Waals surface area contributed by atoms with Gasteiger partial charge in [0.25, 0.3) is 11.5 Å². The molecular weight excluding hydrogens is 467 g/mol. The first kappa shape index (κ1) is 24.2. The van der Waals surface area contributed by atoms with Crippen LogP contribution in [0.1, 0.15) is 53.1 Å². The van der Waals surface area contributed by atoms with E-state index in [1.807, 2.05) is 0 Å². The number of hydrogen-bond donors (Lipinski definition) is 1. The van der Waals surface area contributed by atoms with Gasteiger partial charge in [0, 0.05) is 31.5 Å². The summed E-state index contributed by atoms with van der Waals surface area (Å²) >= 11 is 0. The molecule has 0 radical (unpaired) electrons. The minimum atomic E-state index is -1.02. The number of aromatic nitrogens is 1. The average Bonchev–Trinajstić information content (AvgIpc) is 3.69. The van der Waals surface area contributed by atoms with Crippen LogP contribution in [-0.2, 0) is 6.54 Å². The van der Waals surface area contributed by atoms with E-state index >= 15 is 4.39 Å². The van der Waals surface area contributed by atoms with E-state index < -0.39 is 17.2 Å². The molecule has 5 nitrogen and oxygen atoms in total. The zero-order valence-electron chi connectivity index (χ0n) is 20.1. The number of hydrogen-bond acceptors (Lipinski definition) is 3. The number of aryl methyl sites for hydroxylation is 1. The van der Waals surface area contributed by atoms with Crippen molar-refractivity contribution in [2.24, 2.45) is 5.92 Å². The second kappa shape index (κ2) is 9.84. The highest BCUT2D eigenvalue weighted by Crippen LogP contribution is 2.33. The first-order valence-corrected chi connectivity index (χ1v) is 12.3. The lowest BCUT2D eigenvalue weighted by atomic mass is 9.89. The van der Waals surface area contributed by atoms with Gasteiger partial charge >= 0.3 is 0 Å². The summed E-state index contributed by atoms with van der Waals surface area (Å²) in [5, 5.41) is 2.90. The smallest absolute Gasteiger partial charge is 0.288 e. The minimum absolute atomic E-state index is 0.0803. The number of anilines is 2. The molecule has 2 aliphatic rings. The molecule has 2 heterocycles. The molecule has 0 bridgehead atoms. The summed E-state index contributed by atoms with van der Waals surface area (Å²) in [5.74, 6) is -1.58. The number of piperidine rings is 1. The Morgan fingerprint density at radius 1 is 0.972 bits per heavy atom. The van der Waals surface area contributed by atoms with E-state index in [1.54, 1.807) is 24.0 Å². The van der Waals surface area contributed by atoms with Crippen molar-refractivity contribution in [3.05, 3.63) is 93.2 Å². The number of nitrogens with zero attached hydrogens (tertiary/aromatic N) is 2. The zero-order valence-corrected chi connectivity index (χ0v) is 20.1. The Bertz CT molecular complexity index is 1340. The van der Waals surface area contributed by atoms with Crippen LogP contribution in [0, 0.1) is 30.3 Å². The molecular formula is C28H28F3N3O2. The van der Waals surface area contributed by atoms with Gasteiger partial charge in [0.05, 0.1) is 11.3 Å². The number of carbonyl (C=O) groups excluding carboxylic acids is 1. The number of halogens is 3. The third-order valence-corrected chi connectivity index (χ3v) is 7.18. The van der Waals surface area contributed by atoms with Gasteiger partial charge in [-0.3, -0.25) is 9.59 Å². The molecule has 0 unspecified atom stereocenters. The highest BCUT2D eigenvalue weighted by Gasteiger charge is 2.30. The Morgan fingerprint density at radius 3 is 2.28 bits per heavy atom. The molecule has 1 amide bonds. The number of likely N-dealkylation sites (tertiary alicyclic amines) is 1. The molecule has 5 rings (SSSR count). The van der Waals surface area contributed by atoms with Crippen LogP contribution in [0.2, 0.25) is 0 Å². The molecule has 1 saturated carbocycles. The maximum atomic E-state index is 15.5. The first-order chi connectivity index (χ1) is 17.3. The normalized spacial score (nSPS) is 16.3. The van der Waals surface area contributed by atoms with E-state index in [0.29, 0.717) is 49.6 Å². The van der Waals surface area contributed by atoms with Crippen molar-refractivity contribution in [2.45, 2.75) is 45.1 Å². The van der Waals surface area contributed by atoms with Crippen LogP contribution >= 0.6 is 0 Å². The van der Waals surface area contributed by atoms with E-state index in [2.05, 4.69) is 5.32 Å². The highest BCUT2D eigenvalue weighted by atomic mass is 19.1. The average molecular weight is 496 g/mol. The number of amides is 1. The molecule has 2 aromatic carbocycles. The van der Waals surface area contributed by atoms with Crippen molar-refractivity contribution in [1.29, 1.82) is 0 Å². The highest BCUT2D eigenvalue weighted by molar-refractivity contribution is 6.00. The van der Waals surface area contributed by atoms with Gasteiger partial charge in [-0.05, 0) is 85.9 Å². The van der Waals surface area contributed by atoms with E-state index in [0.717, 1.165) is 18.4 Å². The van der Waals surface area contributed by atoms with Crippen molar-refractivity contribution in [1.82, 2.24) is 9.47 Å². The van der Waals surface area contributed by atoms with Gasteiger partial charge in [-0.1, -0.05) is 12.1 Å². The van der Waals surface area contributed by atoms with Gasteiger partial charge in [-0.15, -0.1) is 0 Å². The van der Waals surface area contributed by atoms with Crippen molar-refractivity contribution in [3.8, 4) is 0 Å². The van der Waals surface area contributed by atoms with Gasteiger partial charge in [0.1, 0.15) is 11.6 Å². The molecule has 2 fully saturated rings. The lowest BCUT2D eigenvalue weighted by Gasteiger charge is -2.33. The molecule has 36 heavy (non-hydrogen) atoms. The predicted octanol–water partition coefficient (Wildman–Crippen LogP) is 5.75. The van der Waals surface area contributed by atoms with Gasteiger partial charge in [-0.2, -0.15) is 4.39 Å².